The number of nitrogens with one attached hydrogen (secondary N) is 3. The molecule has 0 aliphatic heterocycles. The van der Waals surface area contributed by atoms with Gasteiger partial charge in [0.15, 0.2) is 11.5 Å². The molecule has 0 fully saturated rings. The average molecular weight is 477 g/mol. The molecule has 3 N–H and O–H groups in total. The standard InChI is InChI=1S/C21H20FN3O7S/c1-12-14(8-9-32-12)20(26)23-24-21(27)15-10-13(11-18(30-2)19(15)31-3)33(28,29)25-17-7-5-4-6-16(17)22/h4-11,25H,1-3H3,(H,23,26)(H,24,27). The number of ether oxygens (including phenoxy) is 2. The van der Waals surface area contributed by atoms with Crippen molar-refractivity contribution in [2.24, 2.45) is 0 Å². The van der Waals surface area contributed by atoms with Gasteiger partial charge in [-0.15, -0.1) is 0 Å². The number of para-hydroxylation sites is 1. The molecule has 0 unspecified atom stereocenters. The van der Waals surface area contributed by atoms with Crippen LogP contribution in [0.25, 0.3) is 0 Å². The smallest absolute Gasteiger partial charge is 0.273 e. The van der Waals surface area contributed by atoms with Gasteiger partial charge >= 0.3 is 0 Å². The third-order valence-corrected chi connectivity index (χ3v) is 5.86. The van der Waals surface area contributed by atoms with E-state index in [-0.39, 0.29) is 28.3 Å². The number of anilines is 1. The zero-order valence-electron chi connectivity index (χ0n) is 17.8. The van der Waals surface area contributed by atoms with Gasteiger partial charge in [0, 0.05) is 6.07 Å². The number of carbonyl (C=O) groups is 2. The van der Waals surface area contributed by atoms with Crippen molar-refractivity contribution in [2.75, 3.05) is 18.9 Å². The second-order valence-electron chi connectivity index (χ2n) is 6.59. The predicted octanol–water partition coefficient (Wildman–Crippen LogP) is 2.62. The number of hydrazine groups is 1. The van der Waals surface area contributed by atoms with Crippen LogP contribution in [-0.4, -0.2) is 34.5 Å². The molecule has 0 aliphatic rings. The van der Waals surface area contributed by atoms with E-state index in [1.54, 1.807) is 6.92 Å². The van der Waals surface area contributed by atoms with Gasteiger partial charge in [0.25, 0.3) is 21.8 Å². The second kappa shape index (κ2) is 9.61. The Labute approximate surface area is 188 Å². The first-order valence-electron chi connectivity index (χ1n) is 9.36. The highest BCUT2D eigenvalue weighted by Crippen LogP contribution is 2.35. The van der Waals surface area contributed by atoms with E-state index < -0.39 is 32.6 Å². The third kappa shape index (κ3) is 5.06. The number of furan rings is 1. The molecule has 1 aromatic heterocycles. The summed E-state index contributed by atoms with van der Waals surface area (Å²) in [4.78, 5) is 24.6. The Hall–Kier alpha value is -4.06. The van der Waals surface area contributed by atoms with Gasteiger partial charge in [-0.05, 0) is 31.2 Å². The molecule has 2 aromatic carbocycles. The van der Waals surface area contributed by atoms with Crippen molar-refractivity contribution < 1.29 is 36.3 Å². The van der Waals surface area contributed by atoms with Gasteiger partial charge in [-0.1, -0.05) is 12.1 Å². The lowest BCUT2D eigenvalue weighted by molar-refractivity contribution is 0.0843. The summed E-state index contributed by atoms with van der Waals surface area (Å²) in [6.45, 7) is 1.57. The predicted molar refractivity (Wildman–Crippen MR) is 115 cm³/mol. The molecule has 0 radical (unpaired) electrons. The van der Waals surface area contributed by atoms with Crippen molar-refractivity contribution in [2.45, 2.75) is 11.8 Å². The zero-order valence-corrected chi connectivity index (χ0v) is 18.6. The zero-order chi connectivity index (χ0) is 24.2. The summed E-state index contributed by atoms with van der Waals surface area (Å²) in [5, 5.41) is 0. The lowest BCUT2D eigenvalue weighted by Crippen LogP contribution is -2.41. The lowest BCUT2D eigenvalue weighted by Gasteiger charge is -2.16. The molecule has 3 rings (SSSR count). The Morgan fingerprint density at radius 1 is 0.970 bits per heavy atom. The number of aryl methyl sites for hydroxylation is 1. The van der Waals surface area contributed by atoms with E-state index in [1.807, 2.05) is 0 Å². The highest BCUT2D eigenvalue weighted by Gasteiger charge is 2.25. The number of hydrogen-bond donors (Lipinski definition) is 3. The van der Waals surface area contributed by atoms with Crippen LogP contribution in [0.2, 0.25) is 0 Å². The van der Waals surface area contributed by atoms with Crippen LogP contribution in [0.4, 0.5) is 10.1 Å². The number of benzene rings is 2. The monoisotopic (exact) mass is 477 g/mol. The maximum absolute atomic E-state index is 13.9. The van der Waals surface area contributed by atoms with E-state index in [0.717, 1.165) is 18.2 Å². The SMILES string of the molecule is COc1cc(S(=O)(=O)Nc2ccccc2F)cc(C(=O)NNC(=O)c2ccoc2C)c1OC. The molecule has 0 saturated heterocycles. The maximum atomic E-state index is 13.9. The van der Waals surface area contributed by atoms with Crippen LogP contribution in [-0.2, 0) is 10.0 Å². The Morgan fingerprint density at radius 3 is 2.21 bits per heavy atom. The molecule has 2 amide bonds. The fourth-order valence-corrected chi connectivity index (χ4v) is 3.99. The number of amides is 2. The van der Waals surface area contributed by atoms with Crippen LogP contribution in [0.3, 0.4) is 0 Å². The minimum atomic E-state index is -4.33. The summed E-state index contributed by atoms with van der Waals surface area (Å²) in [7, 11) is -1.82. The molecule has 0 saturated carbocycles. The summed E-state index contributed by atoms with van der Waals surface area (Å²) >= 11 is 0. The van der Waals surface area contributed by atoms with Gasteiger partial charge in [-0.25, -0.2) is 12.8 Å². The fourth-order valence-electron chi connectivity index (χ4n) is 2.88. The minimum absolute atomic E-state index is 0.0731. The quantitative estimate of drug-likeness (QED) is 0.445. The number of carbonyl (C=O) groups excluding carboxylic acids is 2. The topological polar surface area (TPSA) is 136 Å². The van der Waals surface area contributed by atoms with Gasteiger partial charge in [-0.3, -0.25) is 25.2 Å². The summed E-state index contributed by atoms with van der Waals surface area (Å²) in [5.74, 6) is -2.12. The lowest BCUT2D eigenvalue weighted by atomic mass is 10.1. The molecule has 0 spiro atoms. The summed E-state index contributed by atoms with van der Waals surface area (Å²) in [6.07, 6.45) is 1.32. The highest BCUT2D eigenvalue weighted by atomic mass is 32.2. The molecule has 0 atom stereocenters. The number of sulfonamides is 1. The first-order chi connectivity index (χ1) is 15.7. The molecule has 1 heterocycles. The van der Waals surface area contributed by atoms with E-state index in [0.29, 0.717) is 5.76 Å². The molecule has 33 heavy (non-hydrogen) atoms. The molecular weight excluding hydrogens is 457 g/mol. The van der Waals surface area contributed by atoms with E-state index in [4.69, 9.17) is 13.9 Å². The molecule has 0 aliphatic carbocycles. The van der Waals surface area contributed by atoms with Crippen LogP contribution in [0, 0.1) is 12.7 Å². The summed E-state index contributed by atoms with van der Waals surface area (Å²) in [6, 6.07) is 8.75. The minimum Gasteiger partial charge on any atom is -0.493 e. The second-order valence-corrected chi connectivity index (χ2v) is 8.27. The molecule has 174 valence electrons. The van der Waals surface area contributed by atoms with Gasteiger partial charge < -0.3 is 13.9 Å². The van der Waals surface area contributed by atoms with Gasteiger partial charge in [0.1, 0.15) is 11.6 Å². The van der Waals surface area contributed by atoms with E-state index in [9.17, 15) is 22.4 Å². The van der Waals surface area contributed by atoms with Crippen LogP contribution < -0.4 is 25.0 Å². The van der Waals surface area contributed by atoms with Crippen molar-refractivity contribution in [3.05, 3.63) is 71.4 Å². The molecule has 3 aromatic rings. The summed E-state index contributed by atoms with van der Waals surface area (Å²) in [5.41, 5.74) is 4.06. The number of methoxy groups -OCH3 is 2. The van der Waals surface area contributed by atoms with Crippen molar-refractivity contribution in [1.29, 1.82) is 0 Å². The van der Waals surface area contributed by atoms with E-state index in [1.165, 1.54) is 44.7 Å². The largest absolute Gasteiger partial charge is 0.493 e. The van der Waals surface area contributed by atoms with E-state index in [2.05, 4.69) is 15.6 Å². The van der Waals surface area contributed by atoms with Crippen molar-refractivity contribution in [3.8, 4) is 11.5 Å². The normalized spacial score (nSPS) is 10.9. The third-order valence-electron chi connectivity index (χ3n) is 4.52. The number of hydrogen-bond acceptors (Lipinski definition) is 7. The first kappa shape index (κ1) is 23.6. The first-order valence-corrected chi connectivity index (χ1v) is 10.8. The molecular formula is C21H20FN3O7S. The molecule has 12 heteroatoms. The van der Waals surface area contributed by atoms with Crippen LogP contribution >= 0.6 is 0 Å². The van der Waals surface area contributed by atoms with Gasteiger partial charge in [-0.2, -0.15) is 0 Å². The van der Waals surface area contributed by atoms with Crippen LogP contribution in [0.5, 0.6) is 11.5 Å². The average Bonchev–Trinajstić information content (AvgIpc) is 3.23. The molecule has 0 bridgehead atoms. The van der Waals surface area contributed by atoms with Crippen molar-refractivity contribution >= 4 is 27.5 Å². The Balaban J connectivity index is 1.93. The van der Waals surface area contributed by atoms with Gasteiger partial charge in [0.05, 0.1) is 42.2 Å². The fraction of sp³-hybridized carbons (Fsp3) is 0.143. The Bertz CT molecular complexity index is 1300. The van der Waals surface area contributed by atoms with E-state index >= 15 is 0 Å². The Kier molecular flexibility index (Phi) is 6.87. The van der Waals surface area contributed by atoms with Crippen molar-refractivity contribution in [1.82, 2.24) is 10.9 Å². The van der Waals surface area contributed by atoms with Gasteiger partial charge in [0.2, 0.25) is 0 Å². The molecule has 10 nitrogen and oxygen atoms in total. The number of halogens is 1. The highest BCUT2D eigenvalue weighted by molar-refractivity contribution is 7.92. The maximum Gasteiger partial charge on any atom is 0.273 e. The summed E-state index contributed by atoms with van der Waals surface area (Å²) < 4.78 is 57.2. The van der Waals surface area contributed by atoms with Crippen molar-refractivity contribution in [3.63, 3.8) is 0 Å². The Morgan fingerprint density at radius 2 is 1.64 bits per heavy atom. The van der Waals surface area contributed by atoms with Crippen LogP contribution in [0.15, 0.2) is 58.0 Å². The van der Waals surface area contributed by atoms with Crippen LogP contribution in [0.1, 0.15) is 26.5 Å². The number of rotatable bonds is 7.